The molecule has 1 fully saturated rings. The molecule has 2 aromatic carbocycles. The maximum absolute atomic E-state index is 12.2. The van der Waals surface area contributed by atoms with Crippen molar-refractivity contribution in [1.82, 2.24) is 5.32 Å². The van der Waals surface area contributed by atoms with Gasteiger partial charge in [-0.3, -0.25) is 0 Å². The Balaban J connectivity index is 1.46. The van der Waals surface area contributed by atoms with Crippen molar-refractivity contribution >= 4 is 12.1 Å². The fraction of sp³-hybridized carbons (Fsp3) is 0.238. The van der Waals surface area contributed by atoms with E-state index < -0.39 is 17.6 Å². The molecule has 2 aliphatic rings. The lowest BCUT2D eigenvalue weighted by Crippen LogP contribution is -2.36. The fourth-order valence-electron chi connectivity index (χ4n) is 3.41. The lowest BCUT2D eigenvalue weighted by molar-refractivity contribution is -0.130. The first-order valence-electron chi connectivity index (χ1n) is 8.47. The molecule has 0 bridgehead atoms. The van der Waals surface area contributed by atoms with Gasteiger partial charge in [0.2, 0.25) is 0 Å². The molecular formula is C21H17NO4. The van der Waals surface area contributed by atoms with E-state index >= 15 is 0 Å². The predicted octanol–water partition coefficient (Wildman–Crippen LogP) is 3.15. The molecule has 130 valence electrons. The SMILES string of the molecule is O=C(O)C#CC1(NC(=O)OCC2c3ccccc3-c3ccccc32)CC1. The van der Waals surface area contributed by atoms with Gasteiger partial charge in [-0.1, -0.05) is 54.5 Å². The number of hydrogen-bond donors (Lipinski definition) is 2. The third kappa shape index (κ3) is 3.02. The van der Waals surface area contributed by atoms with E-state index in [4.69, 9.17) is 9.84 Å². The predicted molar refractivity (Wildman–Crippen MR) is 95.6 cm³/mol. The van der Waals surface area contributed by atoms with Crippen LogP contribution in [0.1, 0.15) is 29.9 Å². The minimum absolute atomic E-state index is 0.00610. The lowest BCUT2D eigenvalue weighted by Gasteiger charge is -2.16. The summed E-state index contributed by atoms with van der Waals surface area (Å²) < 4.78 is 5.46. The first-order valence-corrected chi connectivity index (χ1v) is 8.47. The fourth-order valence-corrected chi connectivity index (χ4v) is 3.41. The van der Waals surface area contributed by atoms with Crippen LogP contribution in [0.25, 0.3) is 11.1 Å². The standard InChI is InChI=1S/C21H17NO4/c23-19(24)9-10-21(11-12-21)22-20(25)26-13-18-16-7-3-1-5-14(16)15-6-2-4-8-17(15)18/h1-8,18H,11-13H2,(H,22,25)(H,23,24). The topological polar surface area (TPSA) is 75.6 Å². The average molecular weight is 347 g/mol. The van der Waals surface area contributed by atoms with E-state index in [2.05, 4.69) is 41.4 Å². The number of alkyl carbamates (subject to hydrolysis) is 1. The molecule has 4 rings (SSSR count). The van der Waals surface area contributed by atoms with Gasteiger partial charge < -0.3 is 15.2 Å². The molecule has 1 amide bonds. The van der Waals surface area contributed by atoms with Crippen molar-refractivity contribution < 1.29 is 19.4 Å². The van der Waals surface area contributed by atoms with Gasteiger partial charge in [0.05, 0.1) is 0 Å². The van der Waals surface area contributed by atoms with E-state index in [9.17, 15) is 9.59 Å². The maximum Gasteiger partial charge on any atom is 0.408 e. The van der Waals surface area contributed by atoms with Gasteiger partial charge in [0, 0.05) is 11.8 Å². The number of benzene rings is 2. The molecule has 0 aliphatic heterocycles. The summed E-state index contributed by atoms with van der Waals surface area (Å²) in [6.07, 6.45) is 0.707. The van der Waals surface area contributed by atoms with Gasteiger partial charge >= 0.3 is 12.1 Å². The van der Waals surface area contributed by atoms with Crippen molar-refractivity contribution in [2.75, 3.05) is 6.61 Å². The molecule has 1 saturated carbocycles. The highest BCUT2D eigenvalue weighted by Gasteiger charge is 2.43. The Morgan fingerprint density at radius 1 is 1.08 bits per heavy atom. The second-order valence-corrected chi connectivity index (χ2v) is 6.59. The summed E-state index contributed by atoms with van der Waals surface area (Å²) in [5.74, 6) is 3.46. The Hall–Kier alpha value is -3.26. The number of carbonyl (C=O) groups excluding carboxylic acids is 1. The van der Waals surface area contributed by atoms with Gasteiger partial charge in [-0.25, -0.2) is 9.59 Å². The van der Waals surface area contributed by atoms with E-state index in [1.54, 1.807) is 0 Å². The molecule has 2 N–H and O–H groups in total. The molecule has 0 spiro atoms. The number of carboxylic acids is 1. The smallest absolute Gasteiger partial charge is 0.408 e. The van der Waals surface area contributed by atoms with Gasteiger partial charge in [-0.15, -0.1) is 0 Å². The average Bonchev–Trinajstić information content (AvgIpc) is 3.33. The molecule has 2 aromatic rings. The molecule has 0 unspecified atom stereocenters. The first-order chi connectivity index (χ1) is 12.6. The number of rotatable bonds is 3. The second-order valence-electron chi connectivity index (χ2n) is 6.59. The van der Waals surface area contributed by atoms with Crippen LogP contribution in [0.3, 0.4) is 0 Å². The van der Waals surface area contributed by atoms with Crippen molar-refractivity contribution in [3.8, 4) is 23.0 Å². The number of aliphatic carboxylic acids is 1. The summed E-state index contributed by atoms with van der Waals surface area (Å²) >= 11 is 0. The summed E-state index contributed by atoms with van der Waals surface area (Å²) in [5.41, 5.74) is 3.88. The third-order valence-electron chi connectivity index (χ3n) is 4.84. The minimum atomic E-state index is -1.20. The van der Waals surface area contributed by atoms with Crippen LogP contribution < -0.4 is 5.32 Å². The van der Waals surface area contributed by atoms with Crippen LogP contribution in [0, 0.1) is 11.8 Å². The van der Waals surface area contributed by atoms with Crippen LogP contribution in [0.15, 0.2) is 48.5 Å². The Kier molecular flexibility index (Phi) is 3.89. The zero-order valence-electron chi connectivity index (χ0n) is 14.0. The monoisotopic (exact) mass is 347 g/mol. The van der Waals surface area contributed by atoms with Crippen LogP contribution in [0.2, 0.25) is 0 Å². The summed E-state index contributed by atoms with van der Waals surface area (Å²) in [5, 5.41) is 11.4. The van der Waals surface area contributed by atoms with E-state index in [1.165, 1.54) is 11.1 Å². The summed E-state index contributed by atoms with van der Waals surface area (Å²) in [6.45, 7) is 0.225. The van der Waals surface area contributed by atoms with Crippen LogP contribution in [-0.2, 0) is 9.53 Å². The number of amides is 1. The molecular weight excluding hydrogens is 330 g/mol. The second kappa shape index (κ2) is 6.23. The van der Waals surface area contributed by atoms with Gasteiger partial charge in [0.1, 0.15) is 12.1 Å². The van der Waals surface area contributed by atoms with E-state index in [1.807, 2.05) is 24.3 Å². The Morgan fingerprint density at radius 3 is 2.19 bits per heavy atom. The molecule has 0 radical (unpaired) electrons. The highest BCUT2D eigenvalue weighted by molar-refractivity contribution is 5.87. The van der Waals surface area contributed by atoms with Crippen molar-refractivity contribution in [1.29, 1.82) is 0 Å². The Labute approximate surface area is 151 Å². The molecule has 0 heterocycles. The maximum atomic E-state index is 12.2. The summed E-state index contributed by atoms with van der Waals surface area (Å²) in [6, 6.07) is 16.2. The summed E-state index contributed by atoms with van der Waals surface area (Å²) in [7, 11) is 0. The van der Waals surface area contributed by atoms with Crippen molar-refractivity contribution in [3.05, 3.63) is 59.7 Å². The molecule has 0 aromatic heterocycles. The van der Waals surface area contributed by atoms with Gasteiger partial charge in [-0.2, -0.15) is 0 Å². The Bertz CT molecular complexity index is 904. The molecule has 26 heavy (non-hydrogen) atoms. The zero-order valence-corrected chi connectivity index (χ0v) is 14.0. The van der Waals surface area contributed by atoms with Crippen molar-refractivity contribution in [3.63, 3.8) is 0 Å². The number of hydrogen-bond acceptors (Lipinski definition) is 3. The molecule has 2 aliphatic carbocycles. The molecule has 5 heteroatoms. The van der Waals surface area contributed by atoms with Gasteiger partial charge in [0.15, 0.2) is 0 Å². The molecule has 0 atom stereocenters. The highest BCUT2D eigenvalue weighted by atomic mass is 16.5. The normalized spacial score (nSPS) is 15.8. The van der Waals surface area contributed by atoms with Gasteiger partial charge in [0.25, 0.3) is 0 Å². The highest BCUT2D eigenvalue weighted by Crippen LogP contribution is 2.44. The van der Waals surface area contributed by atoms with Crippen LogP contribution >= 0.6 is 0 Å². The zero-order chi connectivity index (χ0) is 18.1. The number of fused-ring (bicyclic) bond motifs is 3. The minimum Gasteiger partial charge on any atom is -0.472 e. The van der Waals surface area contributed by atoms with E-state index in [-0.39, 0.29) is 12.5 Å². The number of carboxylic acid groups (broad SMARTS) is 1. The molecule has 0 saturated heterocycles. The first kappa shape index (κ1) is 16.2. The van der Waals surface area contributed by atoms with E-state index in [0.29, 0.717) is 12.8 Å². The number of nitrogens with one attached hydrogen (secondary N) is 1. The number of carbonyl (C=O) groups is 2. The summed E-state index contributed by atoms with van der Waals surface area (Å²) in [4.78, 5) is 22.8. The van der Waals surface area contributed by atoms with Crippen molar-refractivity contribution in [2.24, 2.45) is 0 Å². The third-order valence-corrected chi connectivity index (χ3v) is 4.84. The largest absolute Gasteiger partial charge is 0.472 e. The van der Waals surface area contributed by atoms with Crippen LogP contribution in [-0.4, -0.2) is 29.3 Å². The Morgan fingerprint density at radius 2 is 1.65 bits per heavy atom. The van der Waals surface area contributed by atoms with E-state index in [0.717, 1.165) is 11.1 Å². The number of ether oxygens (including phenoxy) is 1. The van der Waals surface area contributed by atoms with Crippen LogP contribution in [0.5, 0.6) is 0 Å². The van der Waals surface area contributed by atoms with Crippen LogP contribution in [0.4, 0.5) is 4.79 Å². The quantitative estimate of drug-likeness (QED) is 0.837. The van der Waals surface area contributed by atoms with Gasteiger partial charge in [-0.05, 0) is 35.1 Å². The lowest BCUT2D eigenvalue weighted by atomic mass is 9.98. The van der Waals surface area contributed by atoms with Crippen molar-refractivity contribution in [2.45, 2.75) is 24.3 Å². The molecule has 5 nitrogen and oxygen atoms in total.